The molecule has 2 fully saturated rings. The lowest BCUT2D eigenvalue weighted by Gasteiger charge is -2.16. The van der Waals surface area contributed by atoms with Crippen LogP contribution in [0.2, 0.25) is 0 Å². The highest BCUT2D eigenvalue weighted by atomic mass is 16.2. The first-order valence-corrected chi connectivity index (χ1v) is 7.89. The molecule has 1 saturated heterocycles. The summed E-state index contributed by atoms with van der Waals surface area (Å²) in [6, 6.07) is 5.23. The summed E-state index contributed by atoms with van der Waals surface area (Å²) in [6.07, 6.45) is 6.73. The van der Waals surface area contributed by atoms with Gasteiger partial charge in [-0.1, -0.05) is 18.2 Å². The predicted octanol–water partition coefficient (Wildman–Crippen LogP) is 1.22. The van der Waals surface area contributed by atoms with Gasteiger partial charge in [-0.2, -0.15) is 0 Å². The molecule has 6 heteroatoms. The summed E-state index contributed by atoms with van der Waals surface area (Å²) in [7, 11) is 0. The van der Waals surface area contributed by atoms with Gasteiger partial charge < -0.3 is 5.32 Å². The first-order chi connectivity index (χ1) is 11.1. The molecular formula is C17H17N3O3. The van der Waals surface area contributed by atoms with Gasteiger partial charge in [-0.15, -0.1) is 0 Å². The Morgan fingerprint density at radius 1 is 1.17 bits per heavy atom. The molecule has 0 radical (unpaired) electrons. The Kier molecular flexibility index (Phi) is 3.25. The van der Waals surface area contributed by atoms with Crippen LogP contribution in [-0.2, 0) is 14.4 Å². The van der Waals surface area contributed by atoms with Crippen LogP contribution in [-0.4, -0.2) is 34.2 Å². The highest BCUT2D eigenvalue weighted by molar-refractivity contribution is 6.06. The molecule has 0 spiro atoms. The van der Waals surface area contributed by atoms with Crippen molar-refractivity contribution in [2.24, 2.45) is 23.7 Å². The third kappa shape index (κ3) is 2.25. The number of pyridine rings is 1. The molecule has 1 aliphatic heterocycles. The SMILES string of the molecule is O=C(CCN1C(=O)[C@@H]2[C@H](C1=O)[C@H]1C=C[C@H]2C1)Nc1ccccn1. The maximum atomic E-state index is 12.5. The molecule has 1 aromatic rings. The first kappa shape index (κ1) is 14.1. The van der Waals surface area contributed by atoms with Gasteiger partial charge in [0.1, 0.15) is 5.82 Å². The van der Waals surface area contributed by atoms with Crippen molar-refractivity contribution >= 4 is 23.5 Å². The Bertz CT molecular complexity index is 670. The third-order valence-corrected chi connectivity index (χ3v) is 5.06. The molecule has 3 amide bonds. The van der Waals surface area contributed by atoms with Crippen LogP contribution in [0.1, 0.15) is 12.8 Å². The minimum Gasteiger partial charge on any atom is -0.311 e. The number of hydrogen-bond donors (Lipinski definition) is 1. The number of amides is 3. The lowest BCUT2D eigenvalue weighted by atomic mass is 9.85. The molecule has 23 heavy (non-hydrogen) atoms. The zero-order chi connectivity index (χ0) is 16.0. The van der Waals surface area contributed by atoms with E-state index in [9.17, 15) is 14.4 Å². The quantitative estimate of drug-likeness (QED) is 0.670. The number of hydrogen-bond acceptors (Lipinski definition) is 4. The van der Waals surface area contributed by atoms with Gasteiger partial charge in [0.25, 0.3) is 0 Å². The summed E-state index contributed by atoms with van der Waals surface area (Å²) >= 11 is 0. The molecule has 2 aliphatic carbocycles. The zero-order valence-electron chi connectivity index (χ0n) is 12.5. The number of fused-ring (bicyclic) bond motifs is 5. The lowest BCUT2D eigenvalue weighted by molar-refractivity contribution is -0.140. The molecule has 118 valence electrons. The molecule has 4 rings (SSSR count). The summed E-state index contributed by atoms with van der Waals surface area (Å²) in [5.74, 6) is 0.0124. The van der Waals surface area contributed by atoms with Gasteiger partial charge in [0.2, 0.25) is 17.7 Å². The van der Waals surface area contributed by atoms with Crippen molar-refractivity contribution in [1.82, 2.24) is 9.88 Å². The number of carbonyl (C=O) groups is 3. The normalized spacial score (nSPS) is 30.9. The highest BCUT2D eigenvalue weighted by Gasteiger charge is 2.58. The standard InChI is InChI=1S/C17H17N3O3/c21-13(19-12-3-1-2-7-18-12)6-8-20-16(22)14-10-4-5-11(9-10)15(14)17(20)23/h1-5,7,10-11,14-15H,6,8-9H2,(H,18,19,21)/t10-,11-,14-,15+/m0/s1. The number of nitrogens with one attached hydrogen (secondary N) is 1. The van der Waals surface area contributed by atoms with Crippen LogP contribution in [0, 0.1) is 23.7 Å². The second-order valence-corrected chi connectivity index (χ2v) is 6.34. The van der Waals surface area contributed by atoms with E-state index in [1.807, 2.05) is 0 Å². The van der Waals surface area contributed by atoms with E-state index >= 15 is 0 Å². The Morgan fingerprint density at radius 2 is 1.87 bits per heavy atom. The largest absolute Gasteiger partial charge is 0.311 e. The van der Waals surface area contributed by atoms with Gasteiger partial charge in [0.05, 0.1) is 11.8 Å². The molecule has 4 atom stereocenters. The molecule has 1 aromatic heterocycles. The number of rotatable bonds is 4. The molecule has 1 N–H and O–H groups in total. The van der Waals surface area contributed by atoms with Crippen molar-refractivity contribution in [3.05, 3.63) is 36.5 Å². The van der Waals surface area contributed by atoms with Crippen LogP contribution in [0.3, 0.4) is 0 Å². The number of anilines is 1. The van der Waals surface area contributed by atoms with Crippen LogP contribution in [0.15, 0.2) is 36.5 Å². The van der Waals surface area contributed by atoms with Crippen molar-refractivity contribution in [2.45, 2.75) is 12.8 Å². The molecule has 2 bridgehead atoms. The van der Waals surface area contributed by atoms with Crippen LogP contribution in [0.25, 0.3) is 0 Å². The van der Waals surface area contributed by atoms with Gasteiger partial charge in [0.15, 0.2) is 0 Å². The second-order valence-electron chi connectivity index (χ2n) is 6.34. The van der Waals surface area contributed by atoms with Crippen molar-refractivity contribution in [3.63, 3.8) is 0 Å². The molecule has 0 aromatic carbocycles. The Morgan fingerprint density at radius 3 is 2.48 bits per heavy atom. The fraction of sp³-hybridized carbons (Fsp3) is 0.412. The van der Waals surface area contributed by atoms with Crippen molar-refractivity contribution in [2.75, 3.05) is 11.9 Å². The van der Waals surface area contributed by atoms with Crippen molar-refractivity contribution in [1.29, 1.82) is 0 Å². The van der Waals surface area contributed by atoms with Crippen LogP contribution in [0.4, 0.5) is 5.82 Å². The average molecular weight is 311 g/mol. The number of aromatic nitrogens is 1. The Hall–Kier alpha value is -2.50. The maximum Gasteiger partial charge on any atom is 0.233 e. The fourth-order valence-electron chi connectivity index (χ4n) is 4.04. The number of likely N-dealkylation sites (tertiary alicyclic amines) is 1. The van der Waals surface area contributed by atoms with Crippen molar-refractivity contribution < 1.29 is 14.4 Å². The number of carbonyl (C=O) groups excluding carboxylic acids is 3. The lowest BCUT2D eigenvalue weighted by Crippen LogP contribution is -2.35. The van der Waals surface area contributed by atoms with E-state index in [0.29, 0.717) is 5.82 Å². The molecular weight excluding hydrogens is 294 g/mol. The summed E-state index contributed by atoms with van der Waals surface area (Å²) in [5.41, 5.74) is 0. The van der Waals surface area contributed by atoms with E-state index in [1.54, 1.807) is 24.4 Å². The minimum absolute atomic E-state index is 0.0935. The van der Waals surface area contributed by atoms with E-state index < -0.39 is 0 Å². The zero-order valence-corrected chi connectivity index (χ0v) is 12.5. The second kappa shape index (κ2) is 5.30. The van der Waals surface area contributed by atoms with Crippen LogP contribution in [0.5, 0.6) is 0 Å². The monoisotopic (exact) mass is 311 g/mol. The highest BCUT2D eigenvalue weighted by Crippen LogP contribution is 2.52. The summed E-state index contributed by atoms with van der Waals surface area (Å²) in [4.78, 5) is 42.2. The molecule has 3 aliphatic rings. The average Bonchev–Trinajstić information content (AvgIpc) is 3.22. The fourth-order valence-corrected chi connectivity index (χ4v) is 4.04. The van der Waals surface area contributed by atoms with E-state index in [0.717, 1.165) is 6.42 Å². The van der Waals surface area contributed by atoms with Gasteiger partial charge in [-0.05, 0) is 30.4 Å². The van der Waals surface area contributed by atoms with E-state index in [1.165, 1.54) is 4.90 Å². The summed E-state index contributed by atoms with van der Waals surface area (Å²) in [5, 5.41) is 2.66. The topological polar surface area (TPSA) is 79.4 Å². The van der Waals surface area contributed by atoms with Crippen molar-refractivity contribution in [3.8, 4) is 0 Å². The Labute approximate surface area is 133 Å². The van der Waals surface area contributed by atoms with E-state index in [-0.39, 0.29) is 54.4 Å². The number of imide groups is 1. The smallest absolute Gasteiger partial charge is 0.233 e. The van der Waals surface area contributed by atoms with Crippen LogP contribution >= 0.6 is 0 Å². The first-order valence-electron chi connectivity index (χ1n) is 7.89. The van der Waals surface area contributed by atoms with E-state index in [2.05, 4.69) is 22.5 Å². The van der Waals surface area contributed by atoms with Gasteiger partial charge in [-0.25, -0.2) is 4.98 Å². The number of nitrogens with zero attached hydrogens (tertiary/aromatic N) is 2. The van der Waals surface area contributed by atoms with Gasteiger partial charge in [-0.3, -0.25) is 19.3 Å². The third-order valence-electron chi connectivity index (χ3n) is 5.06. The molecule has 0 unspecified atom stereocenters. The Balaban J connectivity index is 1.38. The predicted molar refractivity (Wildman–Crippen MR) is 81.9 cm³/mol. The molecule has 1 saturated carbocycles. The van der Waals surface area contributed by atoms with E-state index in [4.69, 9.17) is 0 Å². The minimum atomic E-state index is -0.248. The number of allylic oxidation sites excluding steroid dienone is 2. The van der Waals surface area contributed by atoms with Gasteiger partial charge in [0, 0.05) is 19.2 Å². The summed E-state index contributed by atoms with van der Waals surface area (Å²) < 4.78 is 0. The molecule has 2 heterocycles. The van der Waals surface area contributed by atoms with Crippen LogP contribution < -0.4 is 5.32 Å². The summed E-state index contributed by atoms with van der Waals surface area (Å²) in [6.45, 7) is 0.142. The molecule has 6 nitrogen and oxygen atoms in total. The maximum absolute atomic E-state index is 12.5. The van der Waals surface area contributed by atoms with Gasteiger partial charge >= 0.3 is 0 Å².